The maximum atomic E-state index is 9.12. The molecule has 116 valence electrons. The summed E-state index contributed by atoms with van der Waals surface area (Å²) in [4.78, 5) is 8.71. The maximum absolute atomic E-state index is 9.12. The third-order valence-corrected chi connectivity index (χ3v) is 4.59. The number of ether oxygens (including phenoxy) is 1. The minimum Gasteiger partial charge on any atom is -0.372 e. The largest absolute Gasteiger partial charge is 0.372 e. The van der Waals surface area contributed by atoms with E-state index in [2.05, 4.69) is 40.3 Å². The van der Waals surface area contributed by atoms with Gasteiger partial charge >= 0.3 is 0 Å². The number of nitriles is 1. The van der Waals surface area contributed by atoms with E-state index in [-0.39, 0.29) is 12.1 Å². The number of aromatic nitrogens is 1. The quantitative estimate of drug-likeness (QED) is 0.796. The van der Waals surface area contributed by atoms with Gasteiger partial charge in [0, 0.05) is 18.3 Å². The van der Waals surface area contributed by atoms with E-state index in [1.165, 1.54) is 5.56 Å². The first-order chi connectivity index (χ1) is 11.3. The Bertz CT molecular complexity index is 710. The summed E-state index contributed by atoms with van der Waals surface area (Å²) in [7, 11) is 0. The number of hydrogen-bond acceptors (Lipinski definition) is 5. The summed E-state index contributed by atoms with van der Waals surface area (Å²) < 4.78 is 5.82. The SMILES string of the molecule is N#CN1CC2OCCN(c3ccc(-c4ccccc4)cn3)C2C1. The fourth-order valence-corrected chi connectivity index (χ4v) is 3.41. The van der Waals surface area contributed by atoms with Crippen LogP contribution in [0.25, 0.3) is 11.1 Å². The van der Waals surface area contributed by atoms with E-state index in [9.17, 15) is 0 Å². The average Bonchev–Trinajstić information content (AvgIpc) is 3.06. The van der Waals surface area contributed by atoms with Gasteiger partial charge in [0.1, 0.15) is 5.82 Å². The van der Waals surface area contributed by atoms with Gasteiger partial charge in [-0.2, -0.15) is 5.26 Å². The number of pyridine rings is 1. The van der Waals surface area contributed by atoms with Crippen LogP contribution in [-0.4, -0.2) is 48.3 Å². The molecule has 0 bridgehead atoms. The molecule has 2 unspecified atom stereocenters. The molecular formula is C18H18N4O. The molecular weight excluding hydrogens is 288 g/mol. The summed E-state index contributed by atoms with van der Waals surface area (Å²) in [6.07, 6.45) is 4.25. The molecule has 2 saturated heterocycles. The van der Waals surface area contributed by atoms with Crippen LogP contribution in [0.2, 0.25) is 0 Å². The first-order valence-corrected chi connectivity index (χ1v) is 7.89. The molecule has 2 aromatic rings. The van der Waals surface area contributed by atoms with Gasteiger partial charge in [0.25, 0.3) is 0 Å². The number of hydrogen-bond donors (Lipinski definition) is 0. The summed E-state index contributed by atoms with van der Waals surface area (Å²) >= 11 is 0. The van der Waals surface area contributed by atoms with Gasteiger partial charge in [-0.3, -0.25) is 0 Å². The Balaban J connectivity index is 1.57. The van der Waals surface area contributed by atoms with E-state index in [0.717, 1.165) is 17.9 Å². The molecule has 0 spiro atoms. The van der Waals surface area contributed by atoms with Crippen LogP contribution >= 0.6 is 0 Å². The van der Waals surface area contributed by atoms with Gasteiger partial charge in [-0.25, -0.2) is 4.98 Å². The third-order valence-electron chi connectivity index (χ3n) is 4.59. The van der Waals surface area contributed by atoms with Gasteiger partial charge in [-0.15, -0.1) is 0 Å². The van der Waals surface area contributed by atoms with E-state index in [4.69, 9.17) is 10.00 Å². The fourth-order valence-electron chi connectivity index (χ4n) is 3.41. The Kier molecular flexibility index (Phi) is 3.60. The van der Waals surface area contributed by atoms with Crippen molar-refractivity contribution in [3.05, 3.63) is 48.7 Å². The standard InChI is InChI=1S/C18H18N4O/c19-13-21-11-16-17(12-21)23-9-8-22(16)18-7-6-15(10-20-18)14-4-2-1-3-5-14/h1-7,10,16-17H,8-9,11-12H2. The summed E-state index contributed by atoms with van der Waals surface area (Å²) in [5.41, 5.74) is 2.28. The van der Waals surface area contributed by atoms with Crippen molar-refractivity contribution in [1.29, 1.82) is 5.26 Å². The van der Waals surface area contributed by atoms with Gasteiger partial charge < -0.3 is 14.5 Å². The fraction of sp³-hybridized carbons (Fsp3) is 0.333. The summed E-state index contributed by atoms with van der Waals surface area (Å²) in [6.45, 7) is 2.89. The van der Waals surface area contributed by atoms with Crippen LogP contribution in [0.5, 0.6) is 0 Å². The smallest absolute Gasteiger partial charge is 0.179 e. The molecule has 0 N–H and O–H groups in total. The van der Waals surface area contributed by atoms with Crippen molar-refractivity contribution in [2.24, 2.45) is 0 Å². The number of benzene rings is 1. The first-order valence-electron chi connectivity index (χ1n) is 7.89. The Hall–Kier alpha value is -2.58. The van der Waals surface area contributed by atoms with Crippen LogP contribution in [0, 0.1) is 11.5 Å². The number of likely N-dealkylation sites (tertiary alicyclic amines) is 1. The molecule has 3 heterocycles. The maximum Gasteiger partial charge on any atom is 0.179 e. The van der Waals surface area contributed by atoms with E-state index < -0.39 is 0 Å². The molecule has 2 atom stereocenters. The zero-order valence-corrected chi connectivity index (χ0v) is 12.8. The predicted octanol–water partition coefficient (Wildman–Crippen LogP) is 2.12. The van der Waals surface area contributed by atoms with Gasteiger partial charge in [0.15, 0.2) is 6.19 Å². The molecule has 4 rings (SSSR count). The highest BCUT2D eigenvalue weighted by Gasteiger charge is 2.40. The zero-order chi connectivity index (χ0) is 15.6. The van der Waals surface area contributed by atoms with Crippen LogP contribution in [0.4, 0.5) is 5.82 Å². The lowest BCUT2D eigenvalue weighted by atomic mass is 10.1. The Morgan fingerprint density at radius 2 is 1.96 bits per heavy atom. The van der Waals surface area contributed by atoms with Crippen molar-refractivity contribution < 1.29 is 4.74 Å². The average molecular weight is 306 g/mol. The summed E-state index contributed by atoms with van der Waals surface area (Å²) in [5, 5.41) is 9.12. The molecule has 2 aliphatic rings. The van der Waals surface area contributed by atoms with Crippen molar-refractivity contribution in [1.82, 2.24) is 9.88 Å². The normalized spacial score (nSPS) is 23.4. The van der Waals surface area contributed by atoms with Crippen LogP contribution in [0.3, 0.4) is 0 Å². The lowest BCUT2D eigenvalue weighted by Crippen LogP contribution is -2.51. The van der Waals surface area contributed by atoms with Gasteiger partial charge in [0.05, 0.1) is 31.8 Å². The van der Waals surface area contributed by atoms with E-state index >= 15 is 0 Å². The Labute approximate surface area is 135 Å². The molecule has 0 amide bonds. The molecule has 2 aliphatic heterocycles. The van der Waals surface area contributed by atoms with Gasteiger partial charge in [-0.05, 0) is 17.7 Å². The van der Waals surface area contributed by atoms with Crippen LogP contribution < -0.4 is 4.90 Å². The number of rotatable bonds is 2. The number of anilines is 1. The van der Waals surface area contributed by atoms with Crippen molar-refractivity contribution in [3.63, 3.8) is 0 Å². The van der Waals surface area contributed by atoms with Gasteiger partial charge in [-0.1, -0.05) is 30.3 Å². The molecule has 1 aromatic heterocycles. The number of nitrogens with zero attached hydrogens (tertiary/aromatic N) is 4. The van der Waals surface area contributed by atoms with E-state index in [0.29, 0.717) is 19.7 Å². The van der Waals surface area contributed by atoms with Crippen molar-refractivity contribution >= 4 is 5.82 Å². The second kappa shape index (κ2) is 5.90. The topological polar surface area (TPSA) is 52.4 Å². The Morgan fingerprint density at radius 1 is 1.09 bits per heavy atom. The lowest BCUT2D eigenvalue weighted by Gasteiger charge is -2.37. The Morgan fingerprint density at radius 3 is 2.70 bits per heavy atom. The molecule has 5 heteroatoms. The van der Waals surface area contributed by atoms with Crippen molar-refractivity contribution in [2.75, 3.05) is 31.1 Å². The highest BCUT2D eigenvalue weighted by Crippen LogP contribution is 2.28. The molecule has 5 nitrogen and oxygen atoms in total. The molecule has 2 fully saturated rings. The highest BCUT2D eigenvalue weighted by molar-refractivity contribution is 5.63. The minimum atomic E-state index is 0.0963. The van der Waals surface area contributed by atoms with E-state index in [1.54, 1.807) is 4.90 Å². The number of morpholine rings is 1. The summed E-state index contributed by atoms with van der Waals surface area (Å²) in [5.74, 6) is 0.961. The molecule has 0 radical (unpaired) electrons. The van der Waals surface area contributed by atoms with Crippen LogP contribution in [0.15, 0.2) is 48.7 Å². The first kappa shape index (κ1) is 14.0. The monoisotopic (exact) mass is 306 g/mol. The molecule has 23 heavy (non-hydrogen) atoms. The van der Waals surface area contributed by atoms with Crippen molar-refractivity contribution in [3.8, 4) is 17.3 Å². The predicted molar refractivity (Wildman–Crippen MR) is 87.7 cm³/mol. The zero-order valence-electron chi connectivity index (χ0n) is 12.8. The molecule has 0 aliphatic carbocycles. The second-order valence-corrected chi connectivity index (χ2v) is 5.95. The molecule has 0 saturated carbocycles. The van der Waals surface area contributed by atoms with Gasteiger partial charge in [0.2, 0.25) is 0 Å². The van der Waals surface area contributed by atoms with Crippen LogP contribution in [0.1, 0.15) is 0 Å². The summed E-state index contributed by atoms with van der Waals surface area (Å²) in [6, 6.07) is 14.6. The lowest BCUT2D eigenvalue weighted by molar-refractivity contribution is 0.0323. The third kappa shape index (κ3) is 2.62. The second-order valence-electron chi connectivity index (χ2n) is 5.95. The van der Waals surface area contributed by atoms with Crippen LogP contribution in [-0.2, 0) is 4.74 Å². The van der Waals surface area contributed by atoms with Crippen molar-refractivity contribution in [2.45, 2.75) is 12.1 Å². The molecule has 1 aromatic carbocycles. The number of fused-ring (bicyclic) bond motifs is 1. The minimum absolute atomic E-state index is 0.0963. The highest BCUT2D eigenvalue weighted by atomic mass is 16.5. The van der Waals surface area contributed by atoms with E-state index in [1.807, 2.05) is 24.4 Å².